The van der Waals surface area contributed by atoms with Gasteiger partial charge in [-0.1, -0.05) is 42.1 Å². The summed E-state index contributed by atoms with van der Waals surface area (Å²) in [5.41, 5.74) is 2.41. The molecule has 0 saturated heterocycles. The zero-order chi connectivity index (χ0) is 24.1. The molecule has 176 valence electrons. The van der Waals surface area contributed by atoms with Gasteiger partial charge in [0.05, 0.1) is 5.69 Å². The molecule has 0 aliphatic carbocycles. The summed E-state index contributed by atoms with van der Waals surface area (Å²) in [5, 5.41) is 4.71. The second kappa shape index (κ2) is 10.3. The van der Waals surface area contributed by atoms with E-state index in [1.54, 1.807) is 18.3 Å². The molecular weight excluding hydrogens is 470 g/mol. The van der Waals surface area contributed by atoms with Gasteiger partial charge in [0.15, 0.2) is 11.0 Å². The number of nitrogens with one attached hydrogen (secondary N) is 2. The summed E-state index contributed by atoms with van der Waals surface area (Å²) in [5.74, 6) is 0.604. The van der Waals surface area contributed by atoms with Crippen molar-refractivity contribution in [3.63, 3.8) is 0 Å². The van der Waals surface area contributed by atoms with E-state index < -0.39 is 22.7 Å². The molecule has 4 aromatic rings. The number of thioether (sulfide) groups is 1. The minimum atomic E-state index is -1.58. The number of rotatable bonds is 7. The Morgan fingerprint density at radius 1 is 1.09 bits per heavy atom. The van der Waals surface area contributed by atoms with E-state index in [-0.39, 0.29) is 0 Å². The van der Waals surface area contributed by atoms with Crippen molar-refractivity contribution in [2.45, 2.75) is 42.2 Å². The van der Waals surface area contributed by atoms with Crippen LogP contribution in [0.5, 0.6) is 0 Å². The number of anilines is 2. The van der Waals surface area contributed by atoms with Crippen LogP contribution in [0.1, 0.15) is 26.3 Å². The highest BCUT2D eigenvalue weighted by atomic mass is 32.2. The number of para-hydroxylation sites is 1. The predicted molar refractivity (Wildman–Crippen MR) is 136 cm³/mol. The third-order valence-corrected chi connectivity index (χ3v) is 6.56. The average Bonchev–Trinajstić information content (AvgIpc) is 3.22. The van der Waals surface area contributed by atoms with Crippen LogP contribution in [0.4, 0.5) is 16.2 Å². The highest BCUT2D eigenvalue weighted by Crippen LogP contribution is 2.30. The average molecular weight is 496 g/mol. The fraction of sp³-hybridized carbons (Fsp3) is 0.200. The molecule has 1 atom stereocenters. The molecule has 1 amide bonds. The molecule has 0 aliphatic heterocycles. The van der Waals surface area contributed by atoms with E-state index in [2.05, 4.69) is 15.0 Å². The normalized spacial score (nSPS) is 12.3. The molecule has 0 aliphatic rings. The Morgan fingerprint density at radius 2 is 1.91 bits per heavy atom. The lowest BCUT2D eigenvalue weighted by Gasteiger charge is -2.19. The number of carbonyl (C=O) groups is 1. The minimum absolute atomic E-state index is 0.349. The predicted octanol–water partition coefficient (Wildman–Crippen LogP) is 6.60. The lowest BCUT2D eigenvalue weighted by Crippen LogP contribution is -2.27. The summed E-state index contributed by atoms with van der Waals surface area (Å²) >= 11 is 1.50. The van der Waals surface area contributed by atoms with Gasteiger partial charge < -0.3 is 9.15 Å². The number of ether oxygens (including phenoxy) is 1. The summed E-state index contributed by atoms with van der Waals surface area (Å²) in [6.07, 6.45) is 1.19. The van der Waals surface area contributed by atoms with Crippen LogP contribution in [0.15, 0.2) is 87.5 Å². The number of fused-ring (bicyclic) bond motifs is 1. The molecular formula is C25H25N3O4S2. The highest BCUT2D eigenvalue weighted by Gasteiger charge is 2.17. The maximum Gasteiger partial charge on any atom is 0.412 e. The van der Waals surface area contributed by atoms with Gasteiger partial charge in [0.25, 0.3) is 0 Å². The first-order chi connectivity index (χ1) is 16.3. The van der Waals surface area contributed by atoms with Gasteiger partial charge in [-0.15, -0.1) is 0 Å². The summed E-state index contributed by atoms with van der Waals surface area (Å²) in [4.78, 5) is 16.5. The van der Waals surface area contributed by atoms with Crippen LogP contribution in [-0.2, 0) is 21.5 Å². The molecule has 2 heterocycles. The van der Waals surface area contributed by atoms with Crippen molar-refractivity contribution < 1.29 is 18.2 Å². The van der Waals surface area contributed by atoms with Crippen molar-refractivity contribution in [3.05, 3.63) is 78.5 Å². The third kappa shape index (κ3) is 6.39. The Morgan fingerprint density at radius 3 is 2.71 bits per heavy atom. The number of hydrogen-bond acceptors (Lipinski definition) is 6. The monoisotopic (exact) mass is 495 g/mol. The Bertz CT molecular complexity index is 1300. The van der Waals surface area contributed by atoms with Crippen LogP contribution in [0.2, 0.25) is 0 Å². The molecule has 2 N–H and O–H groups in total. The smallest absolute Gasteiger partial charge is 0.412 e. The van der Waals surface area contributed by atoms with Crippen molar-refractivity contribution in [1.82, 2.24) is 4.98 Å². The second-order valence-corrected chi connectivity index (χ2v) is 10.6. The fourth-order valence-corrected chi connectivity index (χ4v) is 4.92. The van der Waals surface area contributed by atoms with E-state index >= 15 is 0 Å². The molecule has 2 aromatic heterocycles. The van der Waals surface area contributed by atoms with Crippen molar-refractivity contribution in [2.24, 2.45) is 0 Å². The first-order valence-electron chi connectivity index (χ1n) is 10.6. The number of benzene rings is 2. The Labute approximate surface area is 204 Å². The van der Waals surface area contributed by atoms with Gasteiger partial charge in [0.1, 0.15) is 16.2 Å². The lowest BCUT2D eigenvalue weighted by atomic mass is 10.2. The van der Waals surface area contributed by atoms with Gasteiger partial charge in [0.2, 0.25) is 5.09 Å². The molecule has 0 fully saturated rings. The van der Waals surface area contributed by atoms with E-state index in [0.717, 1.165) is 10.9 Å². The molecule has 2 aromatic carbocycles. The Balaban J connectivity index is 1.41. The largest absolute Gasteiger partial charge is 0.445 e. The zero-order valence-electron chi connectivity index (χ0n) is 19.0. The van der Waals surface area contributed by atoms with Gasteiger partial charge in [0, 0.05) is 29.1 Å². The first kappa shape index (κ1) is 23.8. The van der Waals surface area contributed by atoms with Gasteiger partial charge in [-0.25, -0.2) is 14.0 Å². The van der Waals surface area contributed by atoms with Crippen molar-refractivity contribution >= 4 is 51.2 Å². The van der Waals surface area contributed by atoms with Crippen molar-refractivity contribution in [2.75, 3.05) is 10.0 Å². The van der Waals surface area contributed by atoms with Crippen LogP contribution in [0, 0.1) is 0 Å². The second-order valence-electron chi connectivity index (χ2n) is 8.45. The highest BCUT2D eigenvalue weighted by molar-refractivity contribution is 7.98. The van der Waals surface area contributed by atoms with Gasteiger partial charge in [-0.3, -0.25) is 10.0 Å². The molecule has 0 bridgehead atoms. The van der Waals surface area contributed by atoms with Crippen LogP contribution >= 0.6 is 11.8 Å². The maximum atomic E-state index is 12.9. The van der Waals surface area contributed by atoms with E-state index in [4.69, 9.17) is 9.15 Å². The molecule has 0 radical (unpaired) electrons. The van der Waals surface area contributed by atoms with Crippen LogP contribution in [0.3, 0.4) is 0 Å². The van der Waals surface area contributed by atoms with Crippen molar-refractivity contribution in [3.8, 4) is 0 Å². The van der Waals surface area contributed by atoms with Gasteiger partial charge >= 0.3 is 6.09 Å². The SMILES string of the molecule is CC(C)(C)OC(=O)Nc1cccc(CSc2ncccc2NS(=O)c2cc3ccccc3o2)c1. The lowest BCUT2D eigenvalue weighted by molar-refractivity contribution is 0.0636. The maximum absolute atomic E-state index is 12.9. The summed E-state index contributed by atoms with van der Waals surface area (Å²) in [6.45, 7) is 5.46. The number of nitrogens with zero attached hydrogens (tertiary/aromatic N) is 1. The molecule has 4 rings (SSSR count). The van der Waals surface area contributed by atoms with Crippen LogP contribution in [0.25, 0.3) is 11.0 Å². The third-order valence-electron chi connectivity index (χ3n) is 4.51. The number of amides is 1. The molecule has 0 saturated carbocycles. The van der Waals surface area contributed by atoms with Gasteiger partial charge in [-0.2, -0.15) is 0 Å². The van der Waals surface area contributed by atoms with E-state index in [0.29, 0.717) is 32.8 Å². The molecule has 34 heavy (non-hydrogen) atoms. The summed E-state index contributed by atoms with van der Waals surface area (Å²) < 4.78 is 26.9. The minimum Gasteiger partial charge on any atom is -0.445 e. The number of aromatic nitrogens is 1. The Hall–Kier alpha value is -3.30. The van der Waals surface area contributed by atoms with E-state index in [1.165, 1.54) is 11.8 Å². The van der Waals surface area contributed by atoms with E-state index in [1.807, 2.05) is 75.4 Å². The van der Waals surface area contributed by atoms with Gasteiger partial charge in [-0.05, 0) is 56.7 Å². The fourth-order valence-electron chi connectivity index (χ4n) is 3.09. The Kier molecular flexibility index (Phi) is 7.23. The number of carbonyl (C=O) groups excluding carboxylic acids is 1. The quantitative estimate of drug-likeness (QED) is 0.281. The topological polar surface area (TPSA) is 93.5 Å². The summed E-state index contributed by atoms with van der Waals surface area (Å²) in [6, 6.07) is 20.5. The van der Waals surface area contributed by atoms with Crippen molar-refractivity contribution in [1.29, 1.82) is 0 Å². The molecule has 7 nitrogen and oxygen atoms in total. The molecule has 9 heteroatoms. The molecule has 0 spiro atoms. The number of hydrogen-bond donors (Lipinski definition) is 2. The summed E-state index contributed by atoms with van der Waals surface area (Å²) in [7, 11) is -1.58. The number of pyridine rings is 1. The van der Waals surface area contributed by atoms with Crippen LogP contribution in [-0.4, -0.2) is 20.9 Å². The zero-order valence-corrected chi connectivity index (χ0v) is 20.7. The first-order valence-corrected chi connectivity index (χ1v) is 12.7. The molecule has 1 unspecified atom stereocenters. The van der Waals surface area contributed by atoms with Crippen LogP contribution < -0.4 is 10.0 Å². The number of furan rings is 1. The standard InChI is InChI=1S/C25H25N3O4S2/c1-25(2,3)32-24(29)27-19-10-6-8-17(14-19)16-33-23-20(11-7-13-26-23)28-34(30)22-15-18-9-4-5-12-21(18)31-22/h4-15,28H,16H2,1-3H3,(H,27,29). The van der Waals surface area contributed by atoms with E-state index in [9.17, 15) is 9.00 Å².